The zero-order valence-corrected chi connectivity index (χ0v) is 19.4. The highest BCUT2D eigenvalue weighted by atomic mass is 35.5. The predicted molar refractivity (Wildman–Crippen MR) is 126 cm³/mol. The second-order valence-electron chi connectivity index (χ2n) is 6.64. The number of hydrogen-bond donors (Lipinski definition) is 1. The molecule has 0 saturated heterocycles. The molecule has 1 N–H and O–H groups in total. The summed E-state index contributed by atoms with van der Waals surface area (Å²) in [5.74, 6) is 0.587. The van der Waals surface area contributed by atoms with Gasteiger partial charge in [-0.15, -0.1) is 16.8 Å². The zero-order chi connectivity index (χ0) is 22.9. The highest BCUT2D eigenvalue weighted by molar-refractivity contribution is 7.99. The van der Waals surface area contributed by atoms with Crippen molar-refractivity contribution in [1.29, 1.82) is 0 Å². The number of ether oxygens (including phenoxy) is 1. The first kappa shape index (κ1) is 24.1. The molecule has 3 aromatic rings. The van der Waals surface area contributed by atoms with E-state index in [0.29, 0.717) is 46.9 Å². The van der Waals surface area contributed by atoms with Gasteiger partial charge in [0.1, 0.15) is 17.4 Å². The van der Waals surface area contributed by atoms with E-state index in [1.54, 1.807) is 36.4 Å². The lowest BCUT2D eigenvalue weighted by Gasteiger charge is -2.10. The summed E-state index contributed by atoms with van der Waals surface area (Å²) in [6.45, 7) is 4.72. The van der Waals surface area contributed by atoms with E-state index in [9.17, 15) is 9.18 Å². The number of carbonyl (C=O) groups excluding carboxylic acids is 1. The molecule has 0 aliphatic heterocycles. The van der Waals surface area contributed by atoms with Crippen LogP contribution in [0, 0.1) is 5.82 Å². The first-order valence-corrected chi connectivity index (χ1v) is 11.5. The highest BCUT2D eigenvalue weighted by Crippen LogP contribution is 2.27. The lowest BCUT2D eigenvalue weighted by Crippen LogP contribution is -2.15. The van der Waals surface area contributed by atoms with Crippen molar-refractivity contribution in [2.45, 2.75) is 24.5 Å². The van der Waals surface area contributed by atoms with Gasteiger partial charge < -0.3 is 14.6 Å². The van der Waals surface area contributed by atoms with Crippen molar-refractivity contribution in [2.24, 2.45) is 0 Å². The first-order chi connectivity index (χ1) is 15.5. The standard InChI is InChI=1S/C22H21Cl2FN4O2S/c1-2-11-29-20(8-5-12-31-19-10-9-15(23)13-16(19)24)27-28-22(29)32-14-21(30)26-18-7-4-3-6-17(18)25/h2-4,6-7,9-10,13H,1,5,8,11-12,14H2,(H,26,30). The van der Waals surface area contributed by atoms with Crippen LogP contribution in [0.3, 0.4) is 0 Å². The van der Waals surface area contributed by atoms with Gasteiger partial charge >= 0.3 is 0 Å². The molecule has 0 unspecified atom stereocenters. The summed E-state index contributed by atoms with van der Waals surface area (Å²) < 4.78 is 21.3. The largest absolute Gasteiger partial charge is 0.492 e. The van der Waals surface area contributed by atoms with Crippen molar-refractivity contribution in [1.82, 2.24) is 14.8 Å². The highest BCUT2D eigenvalue weighted by Gasteiger charge is 2.14. The third-order valence-corrected chi connectivity index (χ3v) is 5.78. The Hall–Kier alpha value is -2.55. The Kier molecular flexibility index (Phi) is 8.96. The SMILES string of the molecule is C=CCn1c(CCCOc2ccc(Cl)cc2Cl)nnc1SCC(=O)Nc1ccccc1F. The summed E-state index contributed by atoms with van der Waals surface area (Å²) in [4.78, 5) is 12.2. The van der Waals surface area contributed by atoms with Crippen LogP contribution >= 0.6 is 35.0 Å². The number of aromatic nitrogens is 3. The molecule has 1 amide bonds. The van der Waals surface area contributed by atoms with Crippen molar-refractivity contribution in [3.63, 3.8) is 0 Å². The first-order valence-electron chi connectivity index (χ1n) is 9.76. The normalized spacial score (nSPS) is 10.7. The molecule has 2 aromatic carbocycles. The number of hydrogen-bond acceptors (Lipinski definition) is 5. The van der Waals surface area contributed by atoms with E-state index in [-0.39, 0.29) is 17.3 Å². The van der Waals surface area contributed by atoms with Crippen LogP contribution in [0.25, 0.3) is 0 Å². The lowest BCUT2D eigenvalue weighted by atomic mass is 10.3. The molecule has 32 heavy (non-hydrogen) atoms. The fourth-order valence-electron chi connectivity index (χ4n) is 2.81. The van der Waals surface area contributed by atoms with E-state index in [4.69, 9.17) is 27.9 Å². The number of para-hydroxylation sites is 1. The number of anilines is 1. The fraction of sp³-hybridized carbons (Fsp3) is 0.227. The third-order valence-electron chi connectivity index (χ3n) is 4.28. The Labute approximate surface area is 199 Å². The Bertz CT molecular complexity index is 1090. The molecule has 0 spiro atoms. The predicted octanol–water partition coefficient (Wildman–Crippen LogP) is 5.65. The van der Waals surface area contributed by atoms with E-state index in [0.717, 1.165) is 5.82 Å². The topological polar surface area (TPSA) is 69.0 Å². The maximum Gasteiger partial charge on any atom is 0.234 e. The summed E-state index contributed by atoms with van der Waals surface area (Å²) in [5.41, 5.74) is 0.145. The van der Waals surface area contributed by atoms with Crippen LogP contribution in [0.5, 0.6) is 5.75 Å². The Morgan fingerprint density at radius 3 is 2.81 bits per heavy atom. The molecule has 1 aromatic heterocycles. The summed E-state index contributed by atoms with van der Waals surface area (Å²) in [5, 5.41) is 12.6. The molecule has 0 radical (unpaired) electrons. The van der Waals surface area contributed by atoms with Crippen molar-refractivity contribution < 1.29 is 13.9 Å². The molecular weight excluding hydrogens is 474 g/mol. The number of thioether (sulfide) groups is 1. The molecule has 0 fully saturated rings. The molecule has 3 rings (SSSR count). The Balaban J connectivity index is 1.53. The zero-order valence-electron chi connectivity index (χ0n) is 17.1. The second kappa shape index (κ2) is 11.9. The van der Waals surface area contributed by atoms with Gasteiger partial charge in [0.2, 0.25) is 5.91 Å². The van der Waals surface area contributed by atoms with Crippen molar-refractivity contribution in [3.8, 4) is 5.75 Å². The maximum absolute atomic E-state index is 13.7. The average Bonchev–Trinajstić information content (AvgIpc) is 3.14. The Morgan fingerprint density at radius 1 is 1.25 bits per heavy atom. The molecular formula is C22H21Cl2FN4O2S. The summed E-state index contributed by atoms with van der Waals surface area (Å²) in [6.07, 6.45) is 3.04. The van der Waals surface area contributed by atoms with Gasteiger partial charge in [-0.25, -0.2) is 4.39 Å². The minimum absolute atomic E-state index is 0.0712. The van der Waals surface area contributed by atoms with Crippen LogP contribution in [-0.4, -0.2) is 33.0 Å². The molecule has 6 nitrogen and oxygen atoms in total. The van der Waals surface area contributed by atoms with Gasteiger partial charge in [-0.1, -0.05) is 53.2 Å². The van der Waals surface area contributed by atoms with E-state index in [1.165, 1.54) is 23.9 Å². The molecule has 0 saturated carbocycles. The van der Waals surface area contributed by atoms with Gasteiger partial charge in [0.25, 0.3) is 0 Å². The number of nitrogens with zero attached hydrogens (tertiary/aromatic N) is 3. The van der Waals surface area contributed by atoms with Crippen molar-refractivity contribution in [3.05, 3.63) is 76.8 Å². The van der Waals surface area contributed by atoms with Gasteiger partial charge in [-0.05, 0) is 36.8 Å². The molecule has 10 heteroatoms. The number of amides is 1. The summed E-state index contributed by atoms with van der Waals surface area (Å²) >= 11 is 13.2. The number of carbonyl (C=O) groups is 1. The number of halogens is 3. The van der Waals surface area contributed by atoms with E-state index < -0.39 is 5.82 Å². The number of rotatable bonds is 11. The number of benzene rings is 2. The van der Waals surface area contributed by atoms with Gasteiger partial charge in [-0.2, -0.15) is 0 Å². The van der Waals surface area contributed by atoms with Gasteiger partial charge in [0, 0.05) is 18.0 Å². The van der Waals surface area contributed by atoms with Crippen LogP contribution in [0.1, 0.15) is 12.2 Å². The molecule has 168 valence electrons. The van der Waals surface area contributed by atoms with E-state index in [2.05, 4.69) is 22.1 Å². The van der Waals surface area contributed by atoms with Crippen LogP contribution in [0.2, 0.25) is 10.0 Å². The molecule has 0 aliphatic carbocycles. The van der Waals surface area contributed by atoms with E-state index in [1.807, 2.05) is 4.57 Å². The summed E-state index contributed by atoms with van der Waals surface area (Å²) in [6, 6.07) is 11.1. The second-order valence-corrected chi connectivity index (χ2v) is 8.43. The van der Waals surface area contributed by atoms with E-state index >= 15 is 0 Å². The number of nitrogens with one attached hydrogen (secondary N) is 1. The van der Waals surface area contributed by atoms with Crippen molar-refractivity contribution >= 4 is 46.6 Å². The quantitative estimate of drug-likeness (QED) is 0.212. The van der Waals surface area contributed by atoms with Crippen LogP contribution in [0.15, 0.2) is 60.3 Å². The Morgan fingerprint density at radius 2 is 2.06 bits per heavy atom. The van der Waals surface area contributed by atoms with Crippen LogP contribution in [0.4, 0.5) is 10.1 Å². The van der Waals surface area contributed by atoms with Gasteiger partial charge in [0.15, 0.2) is 5.16 Å². The lowest BCUT2D eigenvalue weighted by molar-refractivity contribution is -0.113. The molecule has 0 aliphatic rings. The average molecular weight is 495 g/mol. The summed E-state index contributed by atoms with van der Waals surface area (Å²) in [7, 11) is 0. The van der Waals surface area contributed by atoms with Crippen LogP contribution in [-0.2, 0) is 17.8 Å². The minimum atomic E-state index is -0.481. The molecule has 0 bridgehead atoms. The smallest absolute Gasteiger partial charge is 0.234 e. The van der Waals surface area contributed by atoms with Gasteiger partial charge in [-0.3, -0.25) is 4.79 Å². The third kappa shape index (κ3) is 6.72. The molecule has 0 atom stereocenters. The fourth-order valence-corrected chi connectivity index (χ4v) is 4.04. The number of aryl methyl sites for hydroxylation is 1. The van der Waals surface area contributed by atoms with Crippen LogP contribution < -0.4 is 10.1 Å². The monoisotopic (exact) mass is 494 g/mol. The minimum Gasteiger partial charge on any atom is -0.492 e. The number of allylic oxidation sites excluding steroid dienone is 1. The molecule has 1 heterocycles. The van der Waals surface area contributed by atoms with Gasteiger partial charge in [0.05, 0.1) is 23.1 Å². The van der Waals surface area contributed by atoms with Crippen molar-refractivity contribution in [2.75, 3.05) is 17.7 Å². The maximum atomic E-state index is 13.7.